The first-order valence-electron chi connectivity index (χ1n) is 34.2. The molecule has 80 heavy (non-hydrogen) atoms. The summed E-state index contributed by atoms with van der Waals surface area (Å²) in [6.07, 6.45) is 91.3. The highest BCUT2D eigenvalue weighted by atomic mass is 16.6. The first-order valence-corrected chi connectivity index (χ1v) is 34.2. The zero-order valence-electron chi connectivity index (χ0n) is 52.8. The lowest BCUT2D eigenvalue weighted by Gasteiger charge is -2.18. The van der Waals surface area contributed by atoms with Crippen LogP contribution in [0.5, 0.6) is 0 Å². The second kappa shape index (κ2) is 67.8. The molecule has 0 aliphatic rings. The van der Waals surface area contributed by atoms with Gasteiger partial charge in [-0.15, -0.1) is 0 Å². The fourth-order valence-electron chi connectivity index (χ4n) is 9.67. The zero-order valence-corrected chi connectivity index (χ0v) is 52.8. The molecule has 0 spiro atoms. The molecule has 0 radical (unpaired) electrons. The molecule has 0 saturated carbocycles. The van der Waals surface area contributed by atoms with Gasteiger partial charge in [0.2, 0.25) is 0 Å². The molecule has 0 amide bonds. The van der Waals surface area contributed by atoms with E-state index < -0.39 is 6.10 Å². The van der Waals surface area contributed by atoms with Gasteiger partial charge < -0.3 is 14.2 Å². The average Bonchev–Trinajstić information content (AvgIpc) is 3.46. The molecule has 6 heteroatoms. The van der Waals surface area contributed by atoms with Crippen LogP contribution in [0.25, 0.3) is 0 Å². The molecule has 0 aromatic carbocycles. The van der Waals surface area contributed by atoms with Crippen molar-refractivity contribution in [1.29, 1.82) is 0 Å². The van der Waals surface area contributed by atoms with Gasteiger partial charge in [0.25, 0.3) is 0 Å². The summed E-state index contributed by atoms with van der Waals surface area (Å²) in [5, 5.41) is 0. The molecule has 460 valence electrons. The maximum Gasteiger partial charge on any atom is 0.306 e. The van der Waals surface area contributed by atoms with Gasteiger partial charge in [-0.2, -0.15) is 0 Å². The number of carbonyl (C=O) groups excluding carboxylic acids is 3. The van der Waals surface area contributed by atoms with Crippen LogP contribution in [-0.4, -0.2) is 37.2 Å². The van der Waals surface area contributed by atoms with E-state index in [1.54, 1.807) is 0 Å². The number of rotatable bonds is 62. The fourth-order valence-corrected chi connectivity index (χ4v) is 9.67. The summed E-state index contributed by atoms with van der Waals surface area (Å²) in [5.74, 6) is -0.887. The molecule has 0 N–H and O–H groups in total. The smallest absolute Gasteiger partial charge is 0.306 e. The Morgan fingerprint density at radius 1 is 0.263 bits per heavy atom. The summed E-state index contributed by atoms with van der Waals surface area (Å²) in [6, 6.07) is 0. The van der Waals surface area contributed by atoms with Crippen LogP contribution in [0.1, 0.15) is 335 Å². The Hall–Kier alpha value is -3.67. The quantitative estimate of drug-likeness (QED) is 0.0261. The average molecular weight is 1110 g/mol. The Kier molecular flexibility index (Phi) is 64.7. The molecule has 0 rings (SSSR count). The normalized spacial score (nSPS) is 12.7. The standard InChI is InChI=1S/C74H128O6/c1-4-7-10-13-16-19-22-25-28-31-34-36-37-39-40-43-46-49-52-55-58-61-64-67-73(76)79-70-71(69-78-72(75)66-63-60-57-54-51-48-45-42-33-30-27-24-21-18-15-12-9-6-3)80-74(77)68-65-62-59-56-53-50-47-44-41-38-35-32-29-26-23-20-17-14-11-8-5-2/h8,11,17,20-22,24-26,29-31,33-35,38,71H,4-7,9-10,12-16,18-19,23,27-28,32,36-37,39-70H2,1-3H3/b11-8-,20-17-,24-21-,25-22-,29-26-,33-30-,34-31-,38-35-. The number of unbranched alkanes of at least 4 members (excludes halogenated alkanes) is 35. The van der Waals surface area contributed by atoms with E-state index in [9.17, 15) is 14.4 Å². The van der Waals surface area contributed by atoms with Gasteiger partial charge in [0.05, 0.1) is 0 Å². The van der Waals surface area contributed by atoms with E-state index in [-0.39, 0.29) is 31.1 Å². The molecule has 0 fully saturated rings. The Bertz CT molecular complexity index is 1560. The van der Waals surface area contributed by atoms with Gasteiger partial charge in [-0.1, -0.05) is 291 Å². The van der Waals surface area contributed by atoms with E-state index in [1.165, 1.54) is 186 Å². The van der Waals surface area contributed by atoms with E-state index >= 15 is 0 Å². The maximum atomic E-state index is 13.0. The second-order valence-electron chi connectivity index (χ2n) is 22.7. The molecule has 0 saturated heterocycles. The summed E-state index contributed by atoms with van der Waals surface area (Å²) in [6.45, 7) is 6.53. The van der Waals surface area contributed by atoms with Crippen molar-refractivity contribution in [1.82, 2.24) is 0 Å². The molecular formula is C74H128O6. The molecule has 0 aromatic heterocycles. The Morgan fingerprint density at radius 3 is 0.775 bits per heavy atom. The third kappa shape index (κ3) is 65.1. The van der Waals surface area contributed by atoms with Crippen molar-refractivity contribution in [2.45, 2.75) is 341 Å². The van der Waals surface area contributed by atoms with Gasteiger partial charge >= 0.3 is 17.9 Å². The van der Waals surface area contributed by atoms with Crippen molar-refractivity contribution in [2.75, 3.05) is 13.2 Å². The molecular weight excluding hydrogens is 985 g/mol. The van der Waals surface area contributed by atoms with Crippen LogP contribution in [0.15, 0.2) is 97.2 Å². The van der Waals surface area contributed by atoms with Crippen molar-refractivity contribution < 1.29 is 28.6 Å². The highest BCUT2D eigenvalue weighted by Gasteiger charge is 2.19. The minimum absolute atomic E-state index is 0.0835. The molecule has 0 aromatic rings. The molecule has 0 heterocycles. The van der Waals surface area contributed by atoms with Crippen LogP contribution in [0.4, 0.5) is 0 Å². The lowest BCUT2D eigenvalue weighted by atomic mass is 10.0. The van der Waals surface area contributed by atoms with E-state index in [0.29, 0.717) is 19.3 Å². The summed E-state index contributed by atoms with van der Waals surface area (Å²) in [5.41, 5.74) is 0. The van der Waals surface area contributed by atoms with Gasteiger partial charge in [0, 0.05) is 19.3 Å². The van der Waals surface area contributed by atoms with Crippen molar-refractivity contribution in [3.8, 4) is 0 Å². The Labute approximate surface area is 496 Å². The number of esters is 3. The predicted octanol–water partition coefficient (Wildman–Crippen LogP) is 23.6. The predicted molar refractivity (Wildman–Crippen MR) is 348 cm³/mol. The number of ether oxygens (including phenoxy) is 3. The largest absolute Gasteiger partial charge is 0.462 e. The van der Waals surface area contributed by atoms with Crippen LogP contribution >= 0.6 is 0 Å². The molecule has 0 aliphatic carbocycles. The topological polar surface area (TPSA) is 78.9 Å². The second-order valence-corrected chi connectivity index (χ2v) is 22.7. The number of carbonyl (C=O) groups is 3. The molecule has 0 aliphatic heterocycles. The zero-order chi connectivity index (χ0) is 57.8. The molecule has 1 unspecified atom stereocenters. The van der Waals surface area contributed by atoms with Crippen molar-refractivity contribution in [3.05, 3.63) is 97.2 Å². The molecule has 6 nitrogen and oxygen atoms in total. The highest BCUT2D eigenvalue weighted by Crippen LogP contribution is 2.16. The summed E-state index contributed by atoms with van der Waals surface area (Å²) in [7, 11) is 0. The Morgan fingerprint density at radius 2 is 0.487 bits per heavy atom. The van der Waals surface area contributed by atoms with Crippen molar-refractivity contribution >= 4 is 17.9 Å². The van der Waals surface area contributed by atoms with E-state index in [0.717, 1.165) is 109 Å². The molecule has 1 atom stereocenters. The minimum atomic E-state index is -0.789. The maximum absolute atomic E-state index is 13.0. The van der Waals surface area contributed by atoms with Gasteiger partial charge in [-0.3, -0.25) is 14.4 Å². The molecule has 0 bridgehead atoms. The van der Waals surface area contributed by atoms with Crippen LogP contribution in [0.3, 0.4) is 0 Å². The monoisotopic (exact) mass is 1110 g/mol. The summed E-state index contributed by atoms with van der Waals surface area (Å²) >= 11 is 0. The van der Waals surface area contributed by atoms with E-state index in [4.69, 9.17) is 14.2 Å². The number of hydrogen-bond acceptors (Lipinski definition) is 6. The minimum Gasteiger partial charge on any atom is -0.462 e. The third-order valence-electron chi connectivity index (χ3n) is 14.8. The van der Waals surface area contributed by atoms with E-state index in [1.807, 2.05) is 0 Å². The van der Waals surface area contributed by atoms with E-state index in [2.05, 4.69) is 118 Å². The van der Waals surface area contributed by atoms with Crippen LogP contribution in [0.2, 0.25) is 0 Å². The van der Waals surface area contributed by atoms with Crippen LogP contribution in [-0.2, 0) is 28.6 Å². The summed E-state index contributed by atoms with van der Waals surface area (Å²) < 4.78 is 17.0. The SMILES string of the molecule is CC/C=C\C/C=C\C/C=C\C/C=C\CCCCCCCCCCC(=O)OC(COC(=O)CCCCCCCCC/C=C\C/C=C\CCCCCC)COC(=O)CCCCCCCCCCCCC/C=C\C/C=C\CCCCCCC. The summed E-state index contributed by atoms with van der Waals surface area (Å²) in [4.78, 5) is 38.5. The first-order chi connectivity index (χ1) is 39.5. The first kappa shape index (κ1) is 76.3. The lowest BCUT2D eigenvalue weighted by Crippen LogP contribution is -2.30. The van der Waals surface area contributed by atoms with Crippen molar-refractivity contribution in [3.63, 3.8) is 0 Å². The van der Waals surface area contributed by atoms with Gasteiger partial charge in [0.1, 0.15) is 13.2 Å². The van der Waals surface area contributed by atoms with Gasteiger partial charge in [-0.25, -0.2) is 0 Å². The lowest BCUT2D eigenvalue weighted by molar-refractivity contribution is -0.167. The van der Waals surface area contributed by atoms with Gasteiger partial charge in [0.15, 0.2) is 6.10 Å². The number of hydrogen-bond donors (Lipinski definition) is 0. The fraction of sp³-hybridized carbons (Fsp3) is 0.743. The van der Waals surface area contributed by atoms with Crippen LogP contribution < -0.4 is 0 Å². The third-order valence-corrected chi connectivity index (χ3v) is 14.8. The Balaban J connectivity index is 4.39. The van der Waals surface area contributed by atoms with Crippen molar-refractivity contribution in [2.24, 2.45) is 0 Å². The van der Waals surface area contributed by atoms with Crippen LogP contribution in [0, 0.1) is 0 Å². The van der Waals surface area contributed by atoms with Gasteiger partial charge in [-0.05, 0) is 122 Å². The number of allylic oxidation sites excluding steroid dienone is 16. The highest BCUT2D eigenvalue weighted by molar-refractivity contribution is 5.71.